The van der Waals surface area contributed by atoms with Crippen molar-refractivity contribution in [3.05, 3.63) is 65.7 Å². The zero-order valence-electron chi connectivity index (χ0n) is 14.7. The molecule has 4 nitrogen and oxygen atoms in total. The van der Waals surface area contributed by atoms with Crippen LogP contribution >= 0.6 is 0 Å². The van der Waals surface area contributed by atoms with E-state index in [1.807, 2.05) is 61.5 Å². The van der Waals surface area contributed by atoms with E-state index in [1.54, 1.807) is 0 Å². The summed E-state index contributed by atoms with van der Waals surface area (Å²) in [6.07, 6.45) is 1.43. The molecule has 1 aliphatic heterocycles. The molecular formula is C21H25NO3. The van der Waals surface area contributed by atoms with Gasteiger partial charge in [-0.25, -0.2) is 0 Å². The molecule has 0 spiro atoms. The summed E-state index contributed by atoms with van der Waals surface area (Å²) < 4.78 is 11.0. The number of hydrogen-bond donors (Lipinski definition) is 1. The van der Waals surface area contributed by atoms with Crippen molar-refractivity contribution in [1.29, 1.82) is 0 Å². The molecule has 2 aromatic rings. The number of rotatable bonds is 6. The van der Waals surface area contributed by atoms with Crippen LogP contribution in [-0.4, -0.2) is 25.7 Å². The fourth-order valence-corrected chi connectivity index (χ4v) is 3.35. The van der Waals surface area contributed by atoms with Crippen molar-refractivity contribution in [2.24, 2.45) is 0 Å². The first kappa shape index (κ1) is 17.5. The minimum absolute atomic E-state index is 0.0795. The predicted molar refractivity (Wildman–Crippen MR) is 97.6 cm³/mol. The van der Waals surface area contributed by atoms with Crippen LogP contribution in [0.2, 0.25) is 0 Å². The van der Waals surface area contributed by atoms with Gasteiger partial charge in [0.25, 0.3) is 0 Å². The minimum atomic E-state index is -0.495. The molecule has 0 aliphatic carbocycles. The number of carbonyl (C=O) groups is 1. The van der Waals surface area contributed by atoms with Gasteiger partial charge >= 0.3 is 0 Å². The Morgan fingerprint density at radius 1 is 1.08 bits per heavy atom. The zero-order chi connectivity index (χ0) is 17.5. The highest BCUT2D eigenvalue weighted by atomic mass is 16.5. The number of ether oxygens (including phenoxy) is 2. The van der Waals surface area contributed by atoms with Gasteiger partial charge in [0.15, 0.2) is 0 Å². The van der Waals surface area contributed by atoms with Gasteiger partial charge in [0.05, 0.1) is 12.0 Å². The molecule has 0 aromatic heterocycles. The van der Waals surface area contributed by atoms with Crippen molar-refractivity contribution >= 4 is 5.91 Å². The lowest BCUT2D eigenvalue weighted by Crippen LogP contribution is -2.47. The van der Waals surface area contributed by atoms with Gasteiger partial charge in [-0.15, -0.1) is 0 Å². The highest BCUT2D eigenvalue weighted by Gasteiger charge is 2.41. The Labute approximate surface area is 149 Å². The molecule has 1 heterocycles. The molecule has 132 valence electrons. The molecule has 1 N–H and O–H groups in total. The first-order valence-electron chi connectivity index (χ1n) is 8.88. The molecule has 0 unspecified atom stereocenters. The molecule has 0 bridgehead atoms. The third-order valence-corrected chi connectivity index (χ3v) is 4.79. The molecule has 25 heavy (non-hydrogen) atoms. The Balaban J connectivity index is 1.70. The van der Waals surface area contributed by atoms with Crippen molar-refractivity contribution in [3.63, 3.8) is 0 Å². The topological polar surface area (TPSA) is 47.6 Å². The maximum absolute atomic E-state index is 13.1. The van der Waals surface area contributed by atoms with Crippen LogP contribution in [0.25, 0.3) is 0 Å². The van der Waals surface area contributed by atoms with E-state index in [0.717, 1.165) is 16.9 Å². The van der Waals surface area contributed by atoms with Gasteiger partial charge in [0.2, 0.25) is 5.91 Å². The Morgan fingerprint density at radius 2 is 1.76 bits per heavy atom. The van der Waals surface area contributed by atoms with Gasteiger partial charge in [0, 0.05) is 19.8 Å². The largest absolute Gasteiger partial charge is 0.494 e. The number of nitrogens with one attached hydrogen (secondary N) is 1. The first-order valence-corrected chi connectivity index (χ1v) is 8.88. The van der Waals surface area contributed by atoms with E-state index in [9.17, 15) is 4.79 Å². The number of amides is 1. The maximum atomic E-state index is 13.1. The molecule has 0 radical (unpaired) electrons. The average Bonchev–Trinajstić information content (AvgIpc) is 2.68. The van der Waals surface area contributed by atoms with Gasteiger partial charge < -0.3 is 14.8 Å². The third-order valence-electron chi connectivity index (χ3n) is 4.79. The summed E-state index contributed by atoms with van der Waals surface area (Å²) in [4.78, 5) is 13.1. The van der Waals surface area contributed by atoms with Crippen molar-refractivity contribution in [2.75, 3.05) is 19.8 Å². The van der Waals surface area contributed by atoms with E-state index < -0.39 is 5.41 Å². The minimum Gasteiger partial charge on any atom is -0.494 e. The van der Waals surface area contributed by atoms with E-state index in [2.05, 4.69) is 5.32 Å². The maximum Gasteiger partial charge on any atom is 0.231 e. The van der Waals surface area contributed by atoms with Crippen LogP contribution in [0, 0.1) is 0 Å². The lowest BCUT2D eigenvalue weighted by atomic mass is 9.73. The van der Waals surface area contributed by atoms with Crippen LogP contribution in [0.4, 0.5) is 0 Å². The second kappa shape index (κ2) is 8.17. The highest BCUT2D eigenvalue weighted by Crippen LogP contribution is 2.35. The van der Waals surface area contributed by atoms with Gasteiger partial charge in [-0.3, -0.25) is 4.79 Å². The zero-order valence-corrected chi connectivity index (χ0v) is 14.7. The SMILES string of the molecule is CCOc1ccc(CNC(=O)C2(c3ccccc3)CCOCC2)cc1. The fourth-order valence-electron chi connectivity index (χ4n) is 3.35. The van der Waals surface area contributed by atoms with E-state index in [4.69, 9.17) is 9.47 Å². The summed E-state index contributed by atoms with van der Waals surface area (Å²) in [5, 5.41) is 3.12. The quantitative estimate of drug-likeness (QED) is 0.877. The summed E-state index contributed by atoms with van der Waals surface area (Å²) in [7, 11) is 0. The number of benzene rings is 2. The number of hydrogen-bond acceptors (Lipinski definition) is 3. The van der Waals surface area contributed by atoms with Gasteiger partial charge in [0.1, 0.15) is 5.75 Å². The van der Waals surface area contributed by atoms with Crippen LogP contribution in [-0.2, 0) is 21.5 Å². The Bertz CT molecular complexity index is 676. The Hall–Kier alpha value is -2.33. The monoisotopic (exact) mass is 339 g/mol. The van der Waals surface area contributed by atoms with Gasteiger partial charge in [-0.1, -0.05) is 42.5 Å². The van der Waals surface area contributed by atoms with Crippen molar-refractivity contribution in [2.45, 2.75) is 31.7 Å². The normalized spacial score (nSPS) is 16.2. The van der Waals surface area contributed by atoms with Crippen molar-refractivity contribution < 1.29 is 14.3 Å². The van der Waals surface area contributed by atoms with Crippen LogP contribution in [0.15, 0.2) is 54.6 Å². The van der Waals surface area contributed by atoms with E-state index >= 15 is 0 Å². The second-order valence-corrected chi connectivity index (χ2v) is 6.32. The highest BCUT2D eigenvalue weighted by molar-refractivity contribution is 5.88. The van der Waals surface area contributed by atoms with Crippen LogP contribution in [0.3, 0.4) is 0 Å². The standard InChI is InChI=1S/C21H25NO3/c1-2-25-19-10-8-17(9-11-19)16-22-20(23)21(12-14-24-15-13-21)18-6-4-3-5-7-18/h3-11H,2,12-16H2,1H3,(H,22,23). The Kier molecular flexibility index (Phi) is 5.71. The van der Waals surface area contributed by atoms with Crippen LogP contribution in [0.1, 0.15) is 30.9 Å². The summed E-state index contributed by atoms with van der Waals surface area (Å²) in [6.45, 7) is 4.36. The van der Waals surface area contributed by atoms with E-state index in [1.165, 1.54) is 0 Å². The van der Waals surface area contributed by atoms with Crippen LogP contribution < -0.4 is 10.1 Å². The Morgan fingerprint density at radius 3 is 2.40 bits per heavy atom. The lowest BCUT2D eigenvalue weighted by Gasteiger charge is -2.36. The molecule has 1 aliphatic rings. The molecule has 0 saturated carbocycles. The molecule has 1 fully saturated rings. The van der Waals surface area contributed by atoms with E-state index in [0.29, 0.717) is 39.2 Å². The molecule has 2 aromatic carbocycles. The summed E-state index contributed by atoms with van der Waals surface area (Å²) >= 11 is 0. The molecular weight excluding hydrogens is 314 g/mol. The average molecular weight is 339 g/mol. The predicted octanol–water partition coefficient (Wildman–Crippen LogP) is 3.45. The molecule has 0 atom stereocenters. The smallest absolute Gasteiger partial charge is 0.231 e. The van der Waals surface area contributed by atoms with Gasteiger partial charge in [-0.05, 0) is 43.0 Å². The third kappa shape index (κ3) is 4.02. The summed E-state index contributed by atoms with van der Waals surface area (Å²) in [5.41, 5.74) is 1.64. The molecule has 1 saturated heterocycles. The summed E-state index contributed by atoms with van der Waals surface area (Å²) in [6, 6.07) is 17.9. The van der Waals surface area contributed by atoms with Crippen molar-refractivity contribution in [1.82, 2.24) is 5.32 Å². The molecule has 4 heteroatoms. The van der Waals surface area contributed by atoms with E-state index in [-0.39, 0.29) is 5.91 Å². The fraction of sp³-hybridized carbons (Fsp3) is 0.381. The van der Waals surface area contributed by atoms with Crippen LogP contribution in [0.5, 0.6) is 5.75 Å². The number of carbonyl (C=O) groups excluding carboxylic acids is 1. The molecule has 3 rings (SSSR count). The molecule has 1 amide bonds. The second-order valence-electron chi connectivity index (χ2n) is 6.32. The summed E-state index contributed by atoms with van der Waals surface area (Å²) in [5.74, 6) is 0.929. The first-order chi connectivity index (χ1) is 12.2. The van der Waals surface area contributed by atoms with Gasteiger partial charge in [-0.2, -0.15) is 0 Å². The van der Waals surface area contributed by atoms with Crippen molar-refractivity contribution in [3.8, 4) is 5.75 Å². The lowest BCUT2D eigenvalue weighted by molar-refractivity contribution is -0.130.